The number of ketones is 1. The van der Waals surface area contributed by atoms with E-state index in [1.54, 1.807) is 48.5 Å². The molecule has 0 amide bonds. The Balaban J connectivity index is 2.14. The summed E-state index contributed by atoms with van der Waals surface area (Å²) in [7, 11) is -3.56. The fraction of sp³-hybridized carbons (Fsp3) is 0.133. The molecule has 0 saturated heterocycles. The molecule has 0 bridgehead atoms. The van der Waals surface area contributed by atoms with Gasteiger partial charge in [-0.15, -0.1) is 0 Å². The summed E-state index contributed by atoms with van der Waals surface area (Å²) in [6.07, 6.45) is 0. The van der Waals surface area contributed by atoms with Crippen LogP contribution in [0.2, 0.25) is 5.02 Å². The van der Waals surface area contributed by atoms with Gasteiger partial charge < -0.3 is 0 Å². The third-order valence-corrected chi connectivity index (χ3v) is 4.47. The minimum Gasteiger partial charge on any atom is -0.295 e. The molecule has 1 N–H and O–H groups in total. The Kier molecular flexibility index (Phi) is 4.65. The molecule has 0 aliphatic rings. The van der Waals surface area contributed by atoms with Crippen LogP contribution in [0.25, 0.3) is 0 Å². The van der Waals surface area contributed by atoms with Gasteiger partial charge in [0.1, 0.15) is 0 Å². The average Bonchev–Trinajstić information content (AvgIpc) is 2.41. The van der Waals surface area contributed by atoms with Crippen LogP contribution < -0.4 is 4.72 Å². The van der Waals surface area contributed by atoms with Crippen molar-refractivity contribution < 1.29 is 13.2 Å². The van der Waals surface area contributed by atoms with Gasteiger partial charge in [0.15, 0.2) is 5.78 Å². The van der Waals surface area contributed by atoms with Crippen LogP contribution in [0, 0.1) is 0 Å². The van der Waals surface area contributed by atoms with Crippen molar-refractivity contribution >= 4 is 33.1 Å². The Hall–Kier alpha value is -1.85. The van der Waals surface area contributed by atoms with E-state index in [-0.39, 0.29) is 11.5 Å². The second-order valence-electron chi connectivity index (χ2n) is 4.59. The maximum absolute atomic E-state index is 12.1. The van der Waals surface area contributed by atoms with Crippen LogP contribution in [0.1, 0.15) is 22.8 Å². The molecule has 4 nitrogen and oxygen atoms in total. The Labute approximate surface area is 128 Å². The van der Waals surface area contributed by atoms with Crippen LogP contribution in [0.15, 0.2) is 48.5 Å². The van der Waals surface area contributed by atoms with Crippen molar-refractivity contribution in [3.8, 4) is 0 Å². The van der Waals surface area contributed by atoms with E-state index in [4.69, 9.17) is 11.6 Å². The second-order valence-corrected chi connectivity index (χ2v) is 6.72. The largest absolute Gasteiger partial charge is 0.295 e. The molecule has 0 aliphatic carbocycles. The normalized spacial score (nSPS) is 11.1. The van der Waals surface area contributed by atoms with Crippen molar-refractivity contribution in [3.63, 3.8) is 0 Å². The molecule has 110 valence electrons. The lowest BCUT2D eigenvalue weighted by atomic mass is 10.1. The molecule has 0 aliphatic heterocycles. The molecular weight excluding hydrogens is 310 g/mol. The molecule has 2 aromatic rings. The number of sulfonamides is 1. The van der Waals surface area contributed by atoms with Gasteiger partial charge in [-0.25, -0.2) is 8.42 Å². The van der Waals surface area contributed by atoms with E-state index >= 15 is 0 Å². The first-order valence-electron chi connectivity index (χ1n) is 6.22. The van der Waals surface area contributed by atoms with Gasteiger partial charge in [0.25, 0.3) is 0 Å². The average molecular weight is 324 g/mol. The summed E-state index contributed by atoms with van der Waals surface area (Å²) in [5, 5.41) is 0.412. The molecule has 0 aromatic heterocycles. The first-order valence-corrected chi connectivity index (χ1v) is 8.25. The first-order chi connectivity index (χ1) is 9.87. The molecular formula is C15H14ClNO3S. The van der Waals surface area contributed by atoms with Crippen molar-refractivity contribution in [2.24, 2.45) is 0 Å². The predicted molar refractivity (Wildman–Crippen MR) is 84.1 cm³/mol. The Bertz CT molecular complexity index is 755. The number of rotatable bonds is 5. The highest BCUT2D eigenvalue weighted by atomic mass is 35.5. The topological polar surface area (TPSA) is 63.2 Å². The molecule has 0 fully saturated rings. The Morgan fingerprint density at radius 1 is 1.10 bits per heavy atom. The van der Waals surface area contributed by atoms with E-state index in [2.05, 4.69) is 4.72 Å². The van der Waals surface area contributed by atoms with Crippen LogP contribution >= 0.6 is 11.6 Å². The van der Waals surface area contributed by atoms with Gasteiger partial charge in [-0.3, -0.25) is 9.52 Å². The van der Waals surface area contributed by atoms with Gasteiger partial charge in [-0.2, -0.15) is 0 Å². The maximum atomic E-state index is 12.1. The van der Waals surface area contributed by atoms with Crippen LogP contribution in [0.5, 0.6) is 0 Å². The molecule has 6 heteroatoms. The fourth-order valence-corrected chi connectivity index (χ4v) is 3.32. The van der Waals surface area contributed by atoms with Crippen LogP contribution in [-0.2, 0) is 15.8 Å². The van der Waals surface area contributed by atoms with Gasteiger partial charge in [0.05, 0.1) is 5.75 Å². The number of benzene rings is 2. The summed E-state index contributed by atoms with van der Waals surface area (Å²) < 4.78 is 26.7. The summed E-state index contributed by atoms with van der Waals surface area (Å²) >= 11 is 5.96. The highest BCUT2D eigenvalue weighted by molar-refractivity contribution is 7.91. The highest BCUT2D eigenvalue weighted by Crippen LogP contribution is 2.19. The van der Waals surface area contributed by atoms with Crippen LogP contribution in [-0.4, -0.2) is 14.2 Å². The molecule has 21 heavy (non-hydrogen) atoms. The van der Waals surface area contributed by atoms with Crippen molar-refractivity contribution in [2.45, 2.75) is 12.7 Å². The summed E-state index contributed by atoms with van der Waals surface area (Å²) in [6, 6.07) is 13.1. The van der Waals surface area contributed by atoms with Crippen molar-refractivity contribution in [2.75, 3.05) is 4.72 Å². The minimum atomic E-state index is -3.56. The van der Waals surface area contributed by atoms with E-state index in [1.807, 2.05) is 0 Å². The Morgan fingerprint density at radius 3 is 2.29 bits per heavy atom. The van der Waals surface area contributed by atoms with Gasteiger partial charge in [0.2, 0.25) is 10.0 Å². The van der Waals surface area contributed by atoms with Gasteiger partial charge in [-0.1, -0.05) is 29.8 Å². The lowest BCUT2D eigenvalue weighted by molar-refractivity contribution is 0.101. The van der Waals surface area contributed by atoms with E-state index in [0.29, 0.717) is 21.8 Å². The number of nitrogens with one attached hydrogen (secondary N) is 1. The smallest absolute Gasteiger partial charge is 0.236 e. The van der Waals surface area contributed by atoms with Crippen LogP contribution in [0.4, 0.5) is 5.69 Å². The lowest BCUT2D eigenvalue weighted by Gasteiger charge is -2.09. The van der Waals surface area contributed by atoms with Crippen molar-refractivity contribution in [3.05, 3.63) is 64.7 Å². The molecule has 0 unspecified atom stereocenters. The second kappa shape index (κ2) is 6.28. The first kappa shape index (κ1) is 15.5. The van der Waals surface area contributed by atoms with Crippen molar-refractivity contribution in [1.29, 1.82) is 0 Å². The zero-order valence-electron chi connectivity index (χ0n) is 11.3. The standard InChI is InChI=1S/C15H14ClNO3S/c1-11(18)12-6-8-14(9-7-12)17-21(19,20)10-13-4-2-3-5-15(13)16/h2-9,17H,10H2,1H3. The van der Waals surface area contributed by atoms with Gasteiger partial charge in [-0.05, 0) is 42.8 Å². The minimum absolute atomic E-state index is 0.0690. The number of halogens is 1. The predicted octanol–water partition coefficient (Wildman–Crippen LogP) is 3.48. The molecule has 2 aromatic carbocycles. The quantitative estimate of drug-likeness (QED) is 0.857. The molecule has 0 saturated carbocycles. The third kappa shape index (κ3) is 4.31. The summed E-state index contributed by atoms with van der Waals surface area (Å²) in [4.78, 5) is 11.2. The van der Waals surface area contributed by atoms with Crippen LogP contribution in [0.3, 0.4) is 0 Å². The molecule has 0 spiro atoms. The number of hydrogen-bond donors (Lipinski definition) is 1. The SMILES string of the molecule is CC(=O)c1ccc(NS(=O)(=O)Cc2ccccc2Cl)cc1. The number of anilines is 1. The monoisotopic (exact) mass is 323 g/mol. The molecule has 0 radical (unpaired) electrons. The van der Waals surface area contributed by atoms with E-state index < -0.39 is 10.0 Å². The zero-order chi connectivity index (χ0) is 15.5. The van der Waals surface area contributed by atoms with E-state index in [0.717, 1.165) is 0 Å². The summed E-state index contributed by atoms with van der Waals surface area (Å²) in [5.74, 6) is -0.276. The summed E-state index contributed by atoms with van der Waals surface area (Å²) in [5.41, 5.74) is 1.48. The number of carbonyl (C=O) groups excluding carboxylic acids is 1. The molecule has 0 atom stereocenters. The maximum Gasteiger partial charge on any atom is 0.236 e. The lowest BCUT2D eigenvalue weighted by Crippen LogP contribution is -2.15. The summed E-state index contributed by atoms with van der Waals surface area (Å²) in [6.45, 7) is 1.45. The zero-order valence-corrected chi connectivity index (χ0v) is 12.9. The van der Waals surface area contributed by atoms with E-state index in [1.165, 1.54) is 6.92 Å². The fourth-order valence-electron chi connectivity index (χ4n) is 1.81. The molecule has 0 heterocycles. The van der Waals surface area contributed by atoms with Gasteiger partial charge in [0, 0.05) is 16.3 Å². The van der Waals surface area contributed by atoms with Crippen molar-refractivity contribution in [1.82, 2.24) is 0 Å². The highest BCUT2D eigenvalue weighted by Gasteiger charge is 2.14. The molecule has 2 rings (SSSR count). The third-order valence-electron chi connectivity index (χ3n) is 2.87. The van der Waals surface area contributed by atoms with E-state index in [9.17, 15) is 13.2 Å². The number of hydrogen-bond acceptors (Lipinski definition) is 3. The Morgan fingerprint density at radius 2 is 1.71 bits per heavy atom. The van der Waals surface area contributed by atoms with Gasteiger partial charge >= 0.3 is 0 Å². The number of Topliss-reactive ketones (excluding diaryl/α,β-unsaturated/α-hetero) is 1. The number of carbonyl (C=O) groups is 1.